The highest BCUT2D eigenvalue weighted by molar-refractivity contribution is 5.48. The number of fused-ring (bicyclic) bond motifs is 1. The third-order valence-corrected chi connectivity index (χ3v) is 3.43. The van der Waals surface area contributed by atoms with Crippen molar-refractivity contribution in [2.24, 2.45) is 5.92 Å². The molecule has 70 valence electrons. The Labute approximate surface area is 79.4 Å². The van der Waals surface area contributed by atoms with Crippen LogP contribution in [-0.2, 0) is 6.42 Å². The first-order valence-electron chi connectivity index (χ1n) is 4.92. The van der Waals surface area contributed by atoms with Crippen molar-refractivity contribution in [2.45, 2.75) is 33.1 Å². The molecule has 2 atom stereocenters. The lowest BCUT2D eigenvalue weighted by atomic mass is 9.93. The summed E-state index contributed by atoms with van der Waals surface area (Å²) in [5.74, 6) is 1.76. The molecule has 13 heavy (non-hydrogen) atoms. The highest BCUT2D eigenvalue weighted by atomic mass is 16.3. The summed E-state index contributed by atoms with van der Waals surface area (Å²) in [6.45, 7) is 6.55. The van der Waals surface area contributed by atoms with Crippen LogP contribution in [0.25, 0.3) is 0 Å². The molecule has 0 fully saturated rings. The van der Waals surface area contributed by atoms with Crippen molar-refractivity contribution in [3.63, 3.8) is 0 Å². The molecule has 1 aliphatic carbocycles. The molecule has 1 nitrogen and oxygen atoms in total. The van der Waals surface area contributed by atoms with Gasteiger partial charge in [-0.05, 0) is 47.9 Å². The number of hydrogen-bond donors (Lipinski definition) is 1. The van der Waals surface area contributed by atoms with Crippen LogP contribution in [-0.4, -0.2) is 5.11 Å². The van der Waals surface area contributed by atoms with Crippen molar-refractivity contribution in [2.75, 3.05) is 0 Å². The smallest absolute Gasteiger partial charge is 0.118 e. The minimum atomic E-state index is 0.444. The fourth-order valence-electron chi connectivity index (χ4n) is 2.39. The quantitative estimate of drug-likeness (QED) is 0.644. The Bertz CT molecular complexity index is 341. The number of phenols is 1. The minimum absolute atomic E-state index is 0.444. The van der Waals surface area contributed by atoms with Gasteiger partial charge in [0.1, 0.15) is 5.75 Å². The monoisotopic (exact) mass is 176 g/mol. The number of hydrogen-bond acceptors (Lipinski definition) is 1. The van der Waals surface area contributed by atoms with Crippen LogP contribution in [0.4, 0.5) is 0 Å². The lowest BCUT2D eigenvalue weighted by molar-refractivity contribution is 0.468. The number of rotatable bonds is 0. The van der Waals surface area contributed by atoms with E-state index in [9.17, 15) is 5.11 Å². The average molecular weight is 176 g/mol. The summed E-state index contributed by atoms with van der Waals surface area (Å²) in [7, 11) is 0. The van der Waals surface area contributed by atoms with E-state index in [1.165, 1.54) is 11.1 Å². The molecule has 1 aliphatic rings. The van der Waals surface area contributed by atoms with Crippen LogP contribution in [0.5, 0.6) is 5.75 Å². The molecular weight excluding hydrogens is 160 g/mol. The SMILES string of the molecule is Cc1c(O)ccc2c1C(C)C(C)C2. The second kappa shape index (κ2) is 2.76. The largest absolute Gasteiger partial charge is 0.508 e. The van der Waals surface area contributed by atoms with Gasteiger partial charge in [0.25, 0.3) is 0 Å². The van der Waals surface area contributed by atoms with E-state index < -0.39 is 0 Å². The van der Waals surface area contributed by atoms with Crippen molar-refractivity contribution in [1.29, 1.82) is 0 Å². The molecule has 0 aliphatic heterocycles. The van der Waals surface area contributed by atoms with Crippen LogP contribution in [0.1, 0.15) is 36.5 Å². The molecule has 0 saturated heterocycles. The summed E-state index contributed by atoms with van der Waals surface area (Å²) >= 11 is 0. The molecule has 0 saturated carbocycles. The second-order valence-corrected chi connectivity index (χ2v) is 4.25. The summed E-state index contributed by atoms with van der Waals surface area (Å²) < 4.78 is 0. The zero-order valence-electron chi connectivity index (χ0n) is 8.46. The molecule has 0 spiro atoms. The molecule has 1 N–H and O–H groups in total. The maximum Gasteiger partial charge on any atom is 0.118 e. The Morgan fingerprint density at radius 1 is 1.31 bits per heavy atom. The van der Waals surface area contributed by atoms with E-state index in [-0.39, 0.29) is 0 Å². The van der Waals surface area contributed by atoms with Crippen molar-refractivity contribution in [1.82, 2.24) is 0 Å². The molecule has 0 amide bonds. The predicted molar refractivity (Wildman–Crippen MR) is 54.1 cm³/mol. The van der Waals surface area contributed by atoms with Gasteiger partial charge in [0, 0.05) is 0 Å². The van der Waals surface area contributed by atoms with Gasteiger partial charge < -0.3 is 5.11 Å². The number of benzene rings is 1. The summed E-state index contributed by atoms with van der Waals surface area (Å²) in [6.07, 6.45) is 1.16. The van der Waals surface area contributed by atoms with E-state index in [4.69, 9.17) is 0 Å². The molecule has 2 rings (SSSR count). The molecule has 0 radical (unpaired) electrons. The molecular formula is C12H16O. The Balaban J connectivity index is 2.59. The summed E-state index contributed by atoms with van der Waals surface area (Å²) in [4.78, 5) is 0. The first-order chi connectivity index (χ1) is 6.11. The van der Waals surface area contributed by atoms with Gasteiger partial charge in [-0.3, -0.25) is 0 Å². The summed E-state index contributed by atoms with van der Waals surface area (Å²) in [6, 6.07) is 3.89. The molecule has 0 heterocycles. The first-order valence-corrected chi connectivity index (χ1v) is 4.92. The maximum atomic E-state index is 9.59. The third-order valence-electron chi connectivity index (χ3n) is 3.43. The van der Waals surface area contributed by atoms with Crippen molar-refractivity contribution in [3.05, 3.63) is 28.8 Å². The first kappa shape index (κ1) is 8.61. The van der Waals surface area contributed by atoms with Gasteiger partial charge in [0.15, 0.2) is 0 Å². The summed E-state index contributed by atoms with van der Waals surface area (Å²) in [5.41, 5.74) is 3.89. The van der Waals surface area contributed by atoms with E-state index in [1.807, 2.05) is 13.0 Å². The molecule has 1 aromatic rings. The van der Waals surface area contributed by atoms with E-state index in [1.54, 1.807) is 0 Å². The number of phenolic OH excluding ortho intramolecular Hbond substituents is 1. The molecule has 1 heteroatoms. The lowest BCUT2D eigenvalue weighted by Gasteiger charge is -2.12. The predicted octanol–water partition coefficient (Wildman–Crippen LogP) is 3.00. The van der Waals surface area contributed by atoms with Gasteiger partial charge >= 0.3 is 0 Å². The zero-order valence-corrected chi connectivity index (χ0v) is 8.46. The van der Waals surface area contributed by atoms with Crippen LogP contribution in [0, 0.1) is 12.8 Å². The van der Waals surface area contributed by atoms with Crippen LogP contribution in [0.2, 0.25) is 0 Å². The van der Waals surface area contributed by atoms with Gasteiger partial charge in [-0.15, -0.1) is 0 Å². The van der Waals surface area contributed by atoms with Gasteiger partial charge in [-0.25, -0.2) is 0 Å². The van der Waals surface area contributed by atoms with Crippen molar-refractivity contribution < 1.29 is 5.11 Å². The van der Waals surface area contributed by atoms with Gasteiger partial charge in [0.05, 0.1) is 0 Å². The number of aromatic hydroxyl groups is 1. The highest BCUT2D eigenvalue weighted by Crippen LogP contribution is 2.41. The van der Waals surface area contributed by atoms with Crippen LogP contribution >= 0.6 is 0 Å². The Morgan fingerprint density at radius 3 is 2.69 bits per heavy atom. The topological polar surface area (TPSA) is 20.2 Å². The van der Waals surface area contributed by atoms with Crippen molar-refractivity contribution >= 4 is 0 Å². The van der Waals surface area contributed by atoms with E-state index in [0.29, 0.717) is 11.7 Å². The fourth-order valence-corrected chi connectivity index (χ4v) is 2.39. The molecule has 2 unspecified atom stereocenters. The van der Waals surface area contributed by atoms with Crippen LogP contribution in [0.15, 0.2) is 12.1 Å². The van der Waals surface area contributed by atoms with Crippen LogP contribution in [0.3, 0.4) is 0 Å². The minimum Gasteiger partial charge on any atom is -0.508 e. The van der Waals surface area contributed by atoms with Gasteiger partial charge in [0.2, 0.25) is 0 Å². The molecule has 0 aromatic heterocycles. The fraction of sp³-hybridized carbons (Fsp3) is 0.500. The lowest BCUT2D eigenvalue weighted by Crippen LogP contribution is -1.99. The van der Waals surface area contributed by atoms with Crippen molar-refractivity contribution in [3.8, 4) is 5.75 Å². The average Bonchev–Trinajstić information content (AvgIpc) is 2.37. The standard InChI is InChI=1S/C12H16O/c1-7-6-10-4-5-11(13)9(3)12(10)8(7)2/h4-5,7-8,13H,6H2,1-3H3. The van der Waals surface area contributed by atoms with Crippen LogP contribution < -0.4 is 0 Å². The third kappa shape index (κ3) is 1.14. The van der Waals surface area contributed by atoms with E-state index in [0.717, 1.165) is 17.9 Å². The maximum absolute atomic E-state index is 9.59. The molecule has 0 bridgehead atoms. The normalized spacial score (nSPS) is 26.1. The Morgan fingerprint density at radius 2 is 2.00 bits per heavy atom. The second-order valence-electron chi connectivity index (χ2n) is 4.25. The van der Waals surface area contributed by atoms with E-state index in [2.05, 4.69) is 19.9 Å². The summed E-state index contributed by atoms with van der Waals surface area (Å²) in [5, 5.41) is 9.59. The molecule has 1 aromatic carbocycles. The Hall–Kier alpha value is -0.980. The Kier molecular flexibility index (Phi) is 1.83. The van der Waals surface area contributed by atoms with E-state index >= 15 is 0 Å². The highest BCUT2D eigenvalue weighted by Gasteiger charge is 2.27. The zero-order chi connectivity index (χ0) is 9.59. The van der Waals surface area contributed by atoms with Gasteiger partial charge in [-0.1, -0.05) is 19.9 Å². The van der Waals surface area contributed by atoms with Gasteiger partial charge in [-0.2, -0.15) is 0 Å².